The maximum Gasteiger partial charge on any atom is 0.417 e. The molecule has 0 unspecified atom stereocenters. The number of sulfonamides is 1. The zero-order valence-corrected chi connectivity index (χ0v) is 14.5. The molecule has 2 rings (SSSR count). The van der Waals surface area contributed by atoms with Gasteiger partial charge in [0.1, 0.15) is 5.82 Å². The molecular formula is C15H15F3N4O4S. The molecule has 0 aliphatic carbocycles. The van der Waals surface area contributed by atoms with Gasteiger partial charge in [-0.15, -0.1) is 0 Å². The zero-order valence-electron chi connectivity index (χ0n) is 13.7. The standard InChI is InChI=1S/C15H15F3N4O4S/c16-15(17,18)12-3-6-14(20-9-12)19-7-8-21-27(25,26)10-11-1-4-13(5-2-11)22(23)24/h1-6,9,21H,7-8,10H2,(H,19,20). The third-order valence-electron chi connectivity index (χ3n) is 3.35. The Morgan fingerprint density at radius 3 is 2.26 bits per heavy atom. The third kappa shape index (κ3) is 6.49. The summed E-state index contributed by atoms with van der Waals surface area (Å²) < 4.78 is 63.5. The minimum Gasteiger partial charge on any atom is -0.369 e. The van der Waals surface area contributed by atoms with E-state index in [0.29, 0.717) is 11.8 Å². The Hall–Kier alpha value is -2.73. The number of nitro benzene ring substituents is 1. The van der Waals surface area contributed by atoms with Gasteiger partial charge in [0.05, 0.1) is 16.2 Å². The van der Waals surface area contributed by atoms with Gasteiger partial charge in [0, 0.05) is 31.4 Å². The maximum absolute atomic E-state index is 12.4. The molecule has 2 aromatic rings. The van der Waals surface area contributed by atoms with Gasteiger partial charge < -0.3 is 5.32 Å². The minimum absolute atomic E-state index is 0.0159. The average Bonchev–Trinajstić information content (AvgIpc) is 2.58. The van der Waals surface area contributed by atoms with E-state index in [4.69, 9.17) is 0 Å². The van der Waals surface area contributed by atoms with E-state index >= 15 is 0 Å². The molecule has 0 amide bonds. The second kappa shape index (κ2) is 8.31. The Morgan fingerprint density at radius 1 is 1.07 bits per heavy atom. The fraction of sp³-hybridized carbons (Fsp3) is 0.267. The fourth-order valence-electron chi connectivity index (χ4n) is 2.05. The molecule has 0 radical (unpaired) electrons. The largest absolute Gasteiger partial charge is 0.417 e. The van der Waals surface area contributed by atoms with Crippen molar-refractivity contribution >= 4 is 21.5 Å². The molecule has 27 heavy (non-hydrogen) atoms. The van der Waals surface area contributed by atoms with E-state index < -0.39 is 26.7 Å². The van der Waals surface area contributed by atoms with Gasteiger partial charge in [0.15, 0.2) is 0 Å². The van der Waals surface area contributed by atoms with Crippen molar-refractivity contribution in [2.75, 3.05) is 18.4 Å². The highest BCUT2D eigenvalue weighted by atomic mass is 32.2. The summed E-state index contributed by atoms with van der Waals surface area (Å²) in [4.78, 5) is 13.6. The predicted molar refractivity (Wildman–Crippen MR) is 91.5 cm³/mol. The van der Waals surface area contributed by atoms with Crippen LogP contribution in [0.15, 0.2) is 42.6 Å². The van der Waals surface area contributed by atoms with Crippen molar-refractivity contribution in [1.82, 2.24) is 9.71 Å². The smallest absolute Gasteiger partial charge is 0.369 e. The second-order valence-corrected chi connectivity index (χ2v) is 7.24. The van der Waals surface area contributed by atoms with E-state index in [0.717, 1.165) is 12.1 Å². The van der Waals surface area contributed by atoms with Crippen molar-refractivity contribution in [3.05, 3.63) is 63.8 Å². The van der Waals surface area contributed by atoms with Gasteiger partial charge >= 0.3 is 6.18 Å². The number of hydrogen-bond donors (Lipinski definition) is 2. The molecule has 2 N–H and O–H groups in total. The number of pyridine rings is 1. The Kier molecular flexibility index (Phi) is 6.33. The normalized spacial score (nSPS) is 12.0. The summed E-state index contributed by atoms with van der Waals surface area (Å²) in [5, 5.41) is 13.3. The maximum atomic E-state index is 12.4. The summed E-state index contributed by atoms with van der Waals surface area (Å²) in [6.07, 6.45) is -3.79. The van der Waals surface area contributed by atoms with E-state index in [2.05, 4.69) is 15.0 Å². The zero-order chi connectivity index (χ0) is 20.1. The van der Waals surface area contributed by atoms with E-state index in [-0.39, 0.29) is 30.3 Å². The lowest BCUT2D eigenvalue weighted by Gasteiger charge is -2.10. The predicted octanol–water partition coefficient (Wildman–Crippen LogP) is 2.54. The van der Waals surface area contributed by atoms with Gasteiger partial charge in [-0.1, -0.05) is 12.1 Å². The van der Waals surface area contributed by atoms with Crippen molar-refractivity contribution in [1.29, 1.82) is 0 Å². The van der Waals surface area contributed by atoms with Gasteiger partial charge in [-0.25, -0.2) is 18.1 Å². The molecule has 8 nitrogen and oxygen atoms in total. The Bertz CT molecular complexity index is 885. The van der Waals surface area contributed by atoms with Crippen molar-refractivity contribution in [3.8, 4) is 0 Å². The van der Waals surface area contributed by atoms with Gasteiger partial charge in [-0.2, -0.15) is 13.2 Å². The van der Waals surface area contributed by atoms with Gasteiger partial charge in [0.25, 0.3) is 5.69 Å². The van der Waals surface area contributed by atoms with Crippen LogP contribution in [0.2, 0.25) is 0 Å². The molecule has 0 aliphatic rings. The highest BCUT2D eigenvalue weighted by Gasteiger charge is 2.30. The highest BCUT2D eigenvalue weighted by Crippen LogP contribution is 2.28. The number of non-ortho nitro benzene ring substituents is 1. The number of nitro groups is 1. The van der Waals surface area contributed by atoms with Crippen LogP contribution in [0.1, 0.15) is 11.1 Å². The van der Waals surface area contributed by atoms with Crippen molar-refractivity contribution < 1.29 is 26.5 Å². The first-order valence-corrected chi connectivity index (χ1v) is 9.20. The molecular weight excluding hydrogens is 389 g/mol. The van der Waals surface area contributed by atoms with Crippen molar-refractivity contribution in [2.45, 2.75) is 11.9 Å². The molecule has 0 saturated heterocycles. The quantitative estimate of drug-likeness (QED) is 0.397. The lowest BCUT2D eigenvalue weighted by Crippen LogP contribution is -2.30. The Balaban J connectivity index is 1.80. The summed E-state index contributed by atoms with van der Waals surface area (Å²) in [7, 11) is -3.68. The first-order valence-electron chi connectivity index (χ1n) is 7.55. The number of halogens is 3. The minimum atomic E-state index is -4.47. The Morgan fingerprint density at radius 2 is 1.74 bits per heavy atom. The van der Waals surface area contributed by atoms with Crippen LogP contribution in [0.5, 0.6) is 0 Å². The first kappa shape index (κ1) is 20.6. The lowest BCUT2D eigenvalue weighted by atomic mass is 10.2. The van der Waals surface area contributed by atoms with E-state index in [9.17, 15) is 31.7 Å². The Labute approximate surface area is 152 Å². The van der Waals surface area contributed by atoms with E-state index in [1.54, 1.807) is 0 Å². The highest BCUT2D eigenvalue weighted by molar-refractivity contribution is 7.88. The monoisotopic (exact) mass is 404 g/mol. The summed E-state index contributed by atoms with van der Waals surface area (Å²) in [5.74, 6) is -0.179. The summed E-state index contributed by atoms with van der Waals surface area (Å²) in [6, 6.07) is 7.14. The average molecular weight is 404 g/mol. The molecule has 12 heteroatoms. The molecule has 0 fully saturated rings. The van der Waals surface area contributed by atoms with Crippen LogP contribution in [-0.4, -0.2) is 31.4 Å². The molecule has 1 aromatic carbocycles. The number of nitrogens with zero attached hydrogens (tertiary/aromatic N) is 2. The number of anilines is 1. The molecule has 146 valence electrons. The van der Waals surface area contributed by atoms with E-state index in [1.165, 1.54) is 24.3 Å². The molecule has 0 aliphatic heterocycles. The van der Waals surface area contributed by atoms with Crippen LogP contribution in [-0.2, 0) is 22.0 Å². The molecule has 0 spiro atoms. The summed E-state index contributed by atoms with van der Waals surface area (Å²) >= 11 is 0. The lowest BCUT2D eigenvalue weighted by molar-refractivity contribution is -0.384. The number of benzene rings is 1. The van der Waals surface area contributed by atoms with Gasteiger partial charge in [-0.05, 0) is 17.7 Å². The molecule has 1 aromatic heterocycles. The second-order valence-electron chi connectivity index (χ2n) is 5.43. The SMILES string of the molecule is O=[N+]([O-])c1ccc(CS(=O)(=O)NCCNc2ccc(C(F)(F)F)cn2)cc1. The third-order valence-corrected chi connectivity index (χ3v) is 4.71. The van der Waals surface area contributed by atoms with Crippen LogP contribution >= 0.6 is 0 Å². The summed E-state index contributed by atoms with van der Waals surface area (Å²) in [6.45, 7) is 0.0931. The number of rotatable bonds is 8. The van der Waals surface area contributed by atoms with Crippen LogP contribution < -0.4 is 10.0 Å². The number of aromatic nitrogens is 1. The number of nitrogens with one attached hydrogen (secondary N) is 2. The topological polar surface area (TPSA) is 114 Å². The fourth-order valence-corrected chi connectivity index (χ4v) is 3.19. The van der Waals surface area contributed by atoms with Crippen molar-refractivity contribution in [3.63, 3.8) is 0 Å². The number of hydrogen-bond acceptors (Lipinski definition) is 6. The van der Waals surface area contributed by atoms with Gasteiger partial charge in [0.2, 0.25) is 10.0 Å². The molecule has 0 atom stereocenters. The first-order chi connectivity index (χ1) is 12.6. The number of alkyl halides is 3. The van der Waals surface area contributed by atoms with Crippen molar-refractivity contribution in [2.24, 2.45) is 0 Å². The summed E-state index contributed by atoms with van der Waals surface area (Å²) in [5.41, 5.74) is -0.639. The van der Waals surface area contributed by atoms with Crippen LogP contribution in [0.4, 0.5) is 24.7 Å². The molecule has 0 bridgehead atoms. The molecule has 0 saturated carbocycles. The van der Waals surface area contributed by atoms with Crippen LogP contribution in [0, 0.1) is 10.1 Å². The van der Waals surface area contributed by atoms with Crippen LogP contribution in [0.25, 0.3) is 0 Å². The van der Waals surface area contributed by atoms with Crippen LogP contribution in [0.3, 0.4) is 0 Å². The molecule has 1 heterocycles. The van der Waals surface area contributed by atoms with Gasteiger partial charge in [-0.3, -0.25) is 10.1 Å². The van der Waals surface area contributed by atoms with E-state index in [1.807, 2.05) is 0 Å².